The SMILES string of the molecule is COc1ccc(NNC(=O)C2C(=O)NCCC2O)cc1. The van der Waals surface area contributed by atoms with E-state index >= 15 is 0 Å². The molecule has 1 heterocycles. The van der Waals surface area contributed by atoms with Crippen LogP contribution in [0.25, 0.3) is 0 Å². The molecule has 2 rings (SSSR count). The number of benzene rings is 1. The first-order chi connectivity index (χ1) is 9.61. The minimum Gasteiger partial charge on any atom is -0.497 e. The zero-order valence-corrected chi connectivity index (χ0v) is 11.1. The van der Waals surface area contributed by atoms with Gasteiger partial charge in [-0.15, -0.1) is 0 Å². The van der Waals surface area contributed by atoms with Crippen molar-refractivity contribution in [3.63, 3.8) is 0 Å². The van der Waals surface area contributed by atoms with Crippen molar-refractivity contribution in [3.05, 3.63) is 24.3 Å². The summed E-state index contributed by atoms with van der Waals surface area (Å²) in [6.07, 6.45) is -0.590. The fraction of sp³-hybridized carbons (Fsp3) is 0.385. The van der Waals surface area contributed by atoms with Gasteiger partial charge in [0.2, 0.25) is 5.91 Å². The number of hydrogen-bond donors (Lipinski definition) is 4. The maximum atomic E-state index is 11.9. The van der Waals surface area contributed by atoms with Crippen LogP contribution < -0.4 is 20.9 Å². The third kappa shape index (κ3) is 3.18. The van der Waals surface area contributed by atoms with Crippen LogP contribution in [0.4, 0.5) is 5.69 Å². The number of hydrazine groups is 1. The van der Waals surface area contributed by atoms with Crippen LogP contribution in [0.3, 0.4) is 0 Å². The Morgan fingerprint density at radius 1 is 1.40 bits per heavy atom. The fourth-order valence-electron chi connectivity index (χ4n) is 1.97. The van der Waals surface area contributed by atoms with E-state index in [1.54, 1.807) is 31.4 Å². The van der Waals surface area contributed by atoms with Gasteiger partial charge in [-0.05, 0) is 30.7 Å². The molecule has 0 radical (unpaired) electrons. The van der Waals surface area contributed by atoms with Gasteiger partial charge in [-0.2, -0.15) is 0 Å². The quantitative estimate of drug-likeness (QED) is 0.445. The largest absolute Gasteiger partial charge is 0.497 e. The van der Waals surface area contributed by atoms with Gasteiger partial charge in [0.15, 0.2) is 0 Å². The highest BCUT2D eigenvalue weighted by atomic mass is 16.5. The summed E-state index contributed by atoms with van der Waals surface area (Å²) in [5.41, 5.74) is 5.75. The molecule has 1 aromatic rings. The molecule has 108 valence electrons. The van der Waals surface area contributed by atoms with Crippen LogP contribution in [0.5, 0.6) is 5.75 Å². The standard InChI is InChI=1S/C13H17N3O4/c1-20-9-4-2-8(3-5-9)15-16-13(19)11-10(17)6-7-14-12(11)18/h2-5,10-11,15,17H,6-7H2,1H3,(H,14,18)(H,16,19). The second-order valence-electron chi connectivity index (χ2n) is 4.47. The second-order valence-corrected chi connectivity index (χ2v) is 4.47. The van der Waals surface area contributed by atoms with Crippen molar-refractivity contribution in [2.24, 2.45) is 5.92 Å². The van der Waals surface area contributed by atoms with Crippen molar-refractivity contribution >= 4 is 17.5 Å². The van der Waals surface area contributed by atoms with Crippen LogP contribution in [-0.4, -0.2) is 36.7 Å². The Morgan fingerprint density at radius 2 is 2.10 bits per heavy atom. The molecule has 2 atom stereocenters. The summed E-state index contributed by atoms with van der Waals surface area (Å²) in [7, 11) is 1.56. The average molecular weight is 279 g/mol. The Morgan fingerprint density at radius 3 is 2.70 bits per heavy atom. The average Bonchev–Trinajstić information content (AvgIpc) is 2.45. The van der Waals surface area contributed by atoms with Gasteiger partial charge in [0.1, 0.15) is 11.7 Å². The summed E-state index contributed by atoms with van der Waals surface area (Å²) in [5.74, 6) is -1.42. The number of hydrogen-bond acceptors (Lipinski definition) is 5. The van der Waals surface area contributed by atoms with Gasteiger partial charge in [-0.1, -0.05) is 0 Å². The van der Waals surface area contributed by atoms with Gasteiger partial charge in [0.25, 0.3) is 5.91 Å². The molecule has 0 aliphatic carbocycles. The summed E-state index contributed by atoms with van der Waals surface area (Å²) in [6.45, 7) is 0.385. The molecule has 1 aromatic carbocycles. The normalized spacial score (nSPS) is 21.8. The Hall–Kier alpha value is -2.28. The summed E-state index contributed by atoms with van der Waals surface area (Å²) in [6, 6.07) is 6.90. The van der Waals surface area contributed by atoms with Crippen molar-refractivity contribution in [2.75, 3.05) is 19.1 Å². The van der Waals surface area contributed by atoms with Crippen LogP contribution >= 0.6 is 0 Å². The van der Waals surface area contributed by atoms with E-state index in [1.807, 2.05) is 0 Å². The molecule has 7 heteroatoms. The number of piperidine rings is 1. The second kappa shape index (κ2) is 6.25. The van der Waals surface area contributed by atoms with Crippen molar-refractivity contribution in [1.29, 1.82) is 0 Å². The Labute approximate surface area is 116 Å². The molecule has 20 heavy (non-hydrogen) atoms. The molecule has 2 unspecified atom stereocenters. The van der Waals surface area contributed by atoms with Crippen molar-refractivity contribution in [3.8, 4) is 5.75 Å². The van der Waals surface area contributed by atoms with E-state index in [1.165, 1.54) is 0 Å². The number of amides is 2. The first-order valence-electron chi connectivity index (χ1n) is 6.27. The van der Waals surface area contributed by atoms with Gasteiger partial charge in [0, 0.05) is 6.54 Å². The number of aliphatic hydroxyl groups is 1. The lowest BCUT2D eigenvalue weighted by Crippen LogP contribution is -2.52. The lowest BCUT2D eigenvalue weighted by Gasteiger charge is -2.26. The van der Waals surface area contributed by atoms with E-state index in [9.17, 15) is 14.7 Å². The first-order valence-corrected chi connectivity index (χ1v) is 6.27. The first kappa shape index (κ1) is 14.1. The highest BCUT2D eigenvalue weighted by Crippen LogP contribution is 2.15. The molecule has 1 aliphatic rings. The van der Waals surface area contributed by atoms with E-state index in [-0.39, 0.29) is 0 Å². The van der Waals surface area contributed by atoms with Crippen molar-refractivity contribution < 1.29 is 19.4 Å². The molecule has 0 aromatic heterocycles. The van der Waals surface area contributed by atoms with E-state index in [2.05, 4.69) is 16.2 Å². The van der Waals surface area contributed by atoms with E-state index in [0.29, 0.717) is 24.4 Å². The predicted molar refractivity (Wildman–Crippen MR) is 71.9 cm³/mol. The zero-order chi connectivity index (χ0) is 14.5. The fourth-order valence-corrected chi connectivity index (χ4v) is 1.97. The number of aliphatic hydroxyl groups excluding tert-OH is 1. The Balaban J connectivity index is 1.92. The molecular weight excluding hydrogens is 262 g/mol. The maximum Gasteiger partial charge on any atom is 0.253 e. The molecule has 0 spiro atoms. The zero-order valence-electron chi connectivity index (χ0n) is 11.1. The van der Waals surface area contributed by atoms with E-state index in [0.717, 1.165) is 0 Å². The van der Waals surface area contributed by atoms with Crippen LogP contribution in [0.2, 0.25) is 0 Å². The molecule has 1 aliphatic heterocycles. The molecule has 2 amide bonds. The van der Waals surface area contributed by atoms with Gasteiger partial charge in [-0.25, -0.2) is 0 Å². The molecule has 0 bridgehead atoms. The van der Waals surface area contributed by atoms with Crippen LogP contribution in [-0.2, 0) is 9.59 Å². The monoisotopic (exact) mass is 279 g/mol. The third-order valence-corrected chi connectivity index (χ3v) is 3.11. The Kier molecular flexibility index (Phi) is 4.41. The highest BCUT2D eigenvalue weighted by Gasteiger charge is 2.36. The van der Waals surface area contributed by atoms with Crippen molar-refractivity contribution in [2.45, 2.75) is 12.5 Å². The minimum atomic E-state index is -1.09. The summed E-state index contributed by atoms with van der Waals surface area (Å²) >= 11 is 0. The number of nitrogens with one attached hydrogen (secondary N) is 3. The molecular formula is C13H17N3O4. The lowest BCUT2D eigenvalue weighted by atomic mass is 9.95. The molecule has 7 nitrogen and oxygen atoms in total. The van der Waals surface area contributed by atoms with Gasteiger partial charge in [0.05, 0.1) is 18.9 Å². The minimum absolute atomic E-state index is 0.367. The number of carbonyl (C=O) groups is 2. The Bertz CT molecular complexity index is 489. The molecule has 4 N–H and O–H groups in total. The third-order valence-electron chi connectivity index (χ3n) is 3.11. The van der Waals surface area contributed by atoms with Crippen LogP contribution in [0, 0.1) is 5.92 Å². The van der Waals surface area contributed by atoms with Gasteiger partial charge < -0.3 is 15.2 Å². The molecule has 1 fully saturated rings. The van der Waals surface area contributed by atoms with E-state index in [4.69, 9.17) is 4.74 Å². The topological polar surface area (TPSA) is 99.7 Å². The molecule has 1 saturated heterocycles. The van der Waals surface area contributed by atoms with Gasteiger partial charge in [-0.3, -0.25) is 20.4 Å². The number of anilines is 1. The lowest BCUT2D eigenvalue weighted by molar-refractivity contribution is -0.142. The van der Waals surface area contributed by atoms with Crippen LogP contribution in [0.15, 0.2) is 24.3 Å². The van der Waals surface area contributed by atoms with Crippen molar-refractivity contribution in [1.82, 2.24) is 10.7 Å². The number of methoxy groups -OCH3 is 1. The predicted octanol–water partition coefficient (Wildman–Crippen LogP) is -0.365. The number of carbonyl (C=O) groups excluding carboxylic acids is 2. The maximum absolute atomic E-state index is 11.9. The smallest absolute Gasteiger partial charge is 0.253 e. The summed E-state index contributed by atoms with van der Waals surface area (Å²) < 4.78 is 5.02. The number of ether oxygens (including phenoxy) is 1. The van der Waals surface area contributed by atoms with Gasteiger partial charge >= 0.3 is 0 Å². The highest BCUT2D eigenvalue weighted by molar-refractivity contribution is 6.01. The molecule has 0 saturated carbocycles. The number of rotatable bonds is 4. The summed E-state index contributed by atoms with van der Waals surface area (Å²) in [4.78, 5) is 23.5. The van der Waals surface area contributed by atoms with E-state index < -0.39 is 23.8 Å². The van der Waals surface area contributed by atoms with Crippen LogP contribution in [0.1, 0.15) is 6.42 Å². The summed E-state index contributed by atoms with van der Waals surface area (Å²) in [5, 5.41) is 12.3.